The number of hydrogen-bond acceptors (Lipinski definition) is 3. The molecule has 0 aliphatic carbocycles. The summed E-state index contributed by atoms with van der Waals surface area (Å²) in [6.45, 7) is 3.65. The minimum absolute atomic E-state index is 0. The van der Waals surface area contributed by atoms with Gasteiger partial charge in [0.2, 0.25) is 5.91 Å². The highest BCUT2D eigenvalue weighted by Crippen LogP contribution is 2.29. The molecule has 3 N–H and O–H groups in total. The Morgan fingerprint density at radius 1 is 1.36 bits per heavy atom. The molecule has 1 aliphatic heterocycles. The molecular weight excluding hydrogens is 368 g/mol. The zero-order chi connectivity index (χ0) is 15.3. The van der Waals surface area contributed by atoms with Crippen LogP contribution >= 0.6 is 28.3 Å². The normalized spacial score (nSPS) is 18.1. The van der Waals surface area contributed by atoms with Crippen molar-refractivity contribution in [3.63, 3.8) is 0 Å². The fourth-order valence-corrected chi connectivity index (χ4v) is 2.95. The van der Waals surface area contributed by atoms with E-state index in [2.05, 4.69) is 33.4 Å². The molecule has 0 spiro atoms. The Hall–Kier alpha value is -0.620. The minimum Gasteiger partial charge on any atom is -0.381 e. The summed E-state index contributed by atoms with van der Waals surface area (Å²) in [4.78, 5) is 12.6. The molecule has 1 aromatic carbocycles. The van der Waals surface area contributed by atoms with Gasteiger partial charge in [0.15, 0.2) is 0 Å². The topological polar surface area (TPSA) is 64.4 Å². The Morgan fingerprint density at radius 2 is 1.95 bits per heavy atom. The highest BCUT2D eigenvalue weighted by molar-refractivity contribution is 9.10. The number of nitrogens with one attached hydrogen (secondary N) is 1. The van der Waals surface area contributed by atoms with Crippen molar-refractivity contribution in [3.8, 4) is 0 Å². The van der Waals surface area contributed by atoms with E-state index in [-0.39, 0.29) is 24.4 Å². The van der Waals surface area contributed by atoms with Crippen molar-refractivity contribution in [2.45, 2.75) is 32.2 Å². The lowest BCUT2D eigenvalue weighted by atomic mass is 9.79. The Balaban J connectivity index is 0.00000242. The van der Waals surface area contributed by atoms with E-state index in [1.54, 1.807) is 0 Å². The summed E-state index contributed by atoms with van der Waals surface area (Å²) >= 11 is 3.42. The molecule has 6 heteroatoms. The SMILES string of the molecule is CC(Cc1ccc(Br)cc1)NC(=O)C1(CN)CCOCC1.Cl. The predicted octanol–water partition coefficient (Wildman–Crippen LogP) is 2.67. The molecule has 2 rings (SSSR count). The van der Waals surface area contributed by atoms with Crippen molar-refractivity contribution in [3.05, 3.63) is 34.3 Å². The molecule has 1 unspecified atom stereocenters. The van der Waals surface area contributed by atoms with Crippen LogP contribution in [0.1, 0.15) is 25.3 Å². The highest BCUT2D eigenvalue weighted by atomic mass is 79.9. The van der Waals surface area contributed by atoms with Gasteiger partial charge in [0, 0.05) is 30.3 Å². The van der Waals surface area contributed by atoms with Gasteiger partial charge >= 0.3 is 0 Å². The molecule has 4 nitrogen and oxygen atoms in total. The van der Waals surface area contributed by atoms with Crippen LogP contribution in [-0.4, -0.2) is 31.7 Å². The Labute approximate surface area is 146 Å². The molecule has 124 valence electrons. The zero-order valence-corrected chi connectivity index (χ0v) is 15.2. The number of carbonyl (C=O) groups is 1. The second-order valence-corrected chi connectivity index (χ2v) is 6.72. The van der Waals surface area contributed by atoms with Crippen molar-refractivity contribution < 1.29 is 9.53 Å². The first-order valence-electron chi connectivity index (χ1n) is 7.39. The van der Waals surface area contributed by atoms with Crippen molar-refractivity contribution in [2.75, 3.05) is 19.8 Å². The van der Waals surface area contributed by atoms with Crippen molar-refractivity contribution in [1.82, 2.24) is 5.32 Å². The molecule has 1 amide bonds. The summed E-state index contributed by atoms with van der Waals surface area (Å²) in [5.74, 6) is 0.0675. The fourth-order valence-electron chi connectivity index (χ4n) is 2.69. The van der Waals surface area contributed by atoms with Gasteiger partial charge in [0.25, 0.3) is 0 Å². The van der Waals surface area contributed by atoms with E-state index in [4.69, 9.17) is 10.5 Å². The predicted molar refractivity (Wildman–Crippen MR) is 94.2 cm³/mol. The van der Waals surface area contributed by atoms with Gasteiger partial charge in [-0.3, -0.25) is 4.79 Å². The van der Waals surface area contributed by atoms with Crippen LogP contribution in [0.25, 0.3) is 0 Å². The molecule has 0 bridgehead atoms. The van der Waals surface area contributed by atoms with Gasteiger partial charge in [-0.05, 0) is 43.9 Å². The van der Waals surface area contributed by atoms with Crippen LogP contribution in [0.2, 0.25) is 0 Å². The van der Waals surface area contributed by atoms with E-state index in [9.17, 15) is 4.79 Å². The smallest absolute Gasteiger partial charge is 0.227 e. The van der Waals surface area contributed by atoms with Gasteiger partial charge in [-0.15, -0.1) is 12.4 Å². The van der Waals surface area contributed by atoms with Gasteiger partial charge in [-0.2, -0.15) is 0 Å². The third-order valence-corrected chi connectivity index (χ3v) is 4.68. The van der Waals surface area contributed by atoms with E-state index < -0.39 is 5.41 Å². The molecule has 0 saturated carbocycles. The van der Waals surface area contributed by atoms with Crippen molar-refractivity contribution in [2.24, 2.45) is 11.1 Å². The molecule has 1 atom stereocenters. The maximum atomic E-state index is 12.6. The summed E-state index contributed by atoms with van der Waals surface area (Å²) in [5, 5.41) is 3.12. The molecular formula is C16H24BrClN2O2. The van der Waals surface area contributed by atoms with Gasteiger partial charge in [-0.25, -0.2) is 0 Å². The van der Waals surface area contributed by atoms with E-state index in [0.717, 1.165) is 10.9 Å². The summed E-state index contributed by atoms with van der Waals surface area (Å²) in [7, 11) is 0. The average Bonchev–Trinajstić information content (AvgIpc) is 2.50. The van der Waals surface area contributed by atoms with Gasteiger partial charge < -0.3 is 15.8 Å². The lowest BCUT2D eigenvalue weighted by Gasteiger charge is -2.35. The molecule has 1 saturated heterocycles. The third kappa shape index (κ3) is 4.95. The summed E-state index contributed by atoms with van der Waals surface area (Å²) in [6, 6.07) is 8.26. The summed E-state index contributed by atoms with van der Waals surface area (Å²) in [5.41, 5.74) is 6.62. The monoisotopic (exact) mass is 390 g/mol. The Kier molecular flexibility index (Phi) is 7.83. The number of amides is 1. The van der Waals surface area contributed by atoms with E-state index >= 15 is 0 Å². The van der Waals surface area contributed by atoms with Gasteiger partial charge in [0.05, 0.1) is 5.41 Å². The van der Waals surface area contributed by atoms with E-state index in [0.29, 0.717) is 32.6 Å². The number of ether oxygens (including phenoxy) is 1. The van der Waals surface area contributed by atoms with Crippen molar-refractivity contribution >= 4 is 34.2 Å². The second-order valence-electron chi connectivity index (χ2n) is 5.80. The number of rotatable bonds is 5. The maximum absolute atomic E-state index is 12.6. The molecule has 0 aromatic heterocycles. The quantitative estimate of drug-likeness (QED) is 0.811. The van der Waals surface area contributed by atoms with E-state index in [1.165, 1.54) is 5.56 Å². The lowest BCUT2D eigenvalue weighted by Crippen LogP contribution is -2.51. The highest BCUT2D eigenvalue weighted by Gasteiger charge is 2.39. The van der Waals surface area contributed by atoms with Gasteiger partial charge in [-0.1, -0.05) is 28.1 Å². The molecule has 1 aromatic rings. The Morgan fingerprint density at radius 3 is 2.50 bits per heavy atom. The number of carbonyl (C=O) groups excluding carboxylic acids is 1. The standard InChI is InChI=1S/C16H23BrN2O2.ClH/c1-12(10-13-2-4-14(17)5-3-13)19-15(20)16(11-18)6-8-21-9-7-16;/h2-5,12H,6-11,18H2,1H3,(H,19,20);1H. The van der Waals surface area contributed by atoms with Crippen LogP contribution in [-0.2, 0) is 16.0 Å². The lowest BCUT2D eigenvalue weighted by molar-refractivity contribution is -0.136. The zero-order valence-electron chi connectivity index (χ0n) is 12.8. The number of benzene rings is 1. The first-order chi connectivity index (χ1) is 10.1. The minimum atomic E-state index is -0.452. The summed E-state index contributed by atoms with van der Waals surface area (Å²) in [6.07, 6.45) is 2.23. The number of hydrogen-bond donors (Lipinski definition) is 2. The summed E-state index contributed by atoms with van der Waals surface area (Å²) < 4.78 is 6.41. The third-order valence-electron chi connectivity index (χ3n) is 4.15. The largest absolute Gasteiger partial charge is 0.381 e. The fraction of sp³-hybridized carbons (Fsp3) is 0.562. The first-order valence-corrected chi connectivity index (χ1v) is 8.18. The second kappa shape index (κ2) is 8.87. The number of nitrogens with two attached hydrogens (primary N) is 1. The van der Waals surface area contributed by atoms with Crippen LogP contribution in [0.4, 0.5) is 0 Å². The first kappa shape index (κ1) is 19.4. The van der Waals surface area contributed by atoms with Crippen LogP contribution in [0.3, 0.4) is 0 Å². The number of halogens is 2. The molecule has 1 heterocycles. The molecule has 1 fully saturated rings. The molecule has 1 aliphatic rings. The maximum Gasteiger partial charge on any atom is 0.227 e. The van der Waals surface area contributed by atoms with E-state index in [1.807, 2.05) is 19.1 Å². The van der Waals surface area contributed by atoms with Crippen LogP contribution < -0.4 is 11.1 Å². The van der Waals surface area contributed by atoms with Gasteiger partial charge in [0.1, 0.15) is 0 Å². The Bertz CT molecular complexity index is 476. The van der Waals surface area contributed by atoms with Crippen LogP contribution in [0.15, 0.2) is 28.7 Å². The van der Waals surface area contributed by atoms with Crippen LogP contribution in [0.5, 0.6) is 0 Å². The molecule has 22 heavy (non-hydrogen) atoms. The average molecular weight is 392 g/mol. The van der Waals surface area contributed by atoms with Crippen LogP contribution in [0, 0.1) is 5.41 Å². The van der Waals surface area contributed by atoms with Crippen molar-refractivity contribution in [1.29, 1.82) is 0 Å². The molecule has 0 radical (unpaired) electrons.